The molecule has 8 nitrogen and oxygen atoms in total. The van der Waals surface area contributed by atoms with E-state index in [0.29, 0.717) is 70.3 Å². The summed E-state index contributed by atoms with van der Waals surface area (Å²) in [6, 6.07) is 8.79. The number of carbonyl (C=O) groups is 1. The van der Waals surface area contributed by atoms with Crippen LogP contribution in [0.25, 0.3) is 10.9 Å². The van der Waals surface area contributed by atoms with E-state index in [9.17, 15) is 9.59 Å². The lowest BCUT2D eigenvalue weighted by molar-refractivity contribution is -0.137. The van der Waals surface area contributed by atoms with Gasteiger partial charge in [-0.1, -0.05) is 34.5 Å². The molecule has 0 saturated carbocycles. The Hall–Kier alpha value is -2.27. The Labute approximate surface area is 217 Å². The fraction of sp³-hybridized carbons (Fsp3) is 0.304. The summed E-state index contributed by atoms with van der Waals surface area (Å²) in [7, 11) is 0. The number of ether oxygens (including phenoxy) is 2. The number of fused-ring (bicyclic) bond motifs is 1. The van der Waals surface area contributed by atoms with Crippen molar-refractivity contribution in [1.29, 1.82) is 0 Å². The molecule has 0 N–H and O–H groups in total. The first-order valence-corrected chi connectivity index (χ1v) is 12.6. The molecule has 178 valence electrons. The van der Waals surface area contributed by atoms with E-state index in [2.05, 4.69) is 41.9 Å². The number of aromatic nitrogens is 2. The fourth-order valence-corrected chi connectivity index (χ4v) is 4.85. The number of morpholine rings is 1. The first-order chi connectivity index (χ1) is 16.4. The van der Waals surface area contributed by atoms with E-state index in [4.69, 9.17) is 21.1 Å². The van der Waals surface area contributed by atoms with Crippen LogP contribution in [0.4, 0.5) is 0 Å². The molecule has 2 heterocycles. The monoisotopic (exact) mass is 610 g/mol. The highest BCUT2D eigenvalue weighted by Gasteiger charge is 2.19. The molecule has 0 aliphatic carbocycles. The molecule has 3 aromatic rings. The quantitative estimate of drug-likeness (QED) is 0.389. The van der Waals surface area contributed by atoms with Gasteiger partial charge in [-0.3, -0.25) is 9.59 Å². The van der Waals surface area contributed by atoms with Crippen LogP contribution in [-0.4, -0.2) is 59.6 Å². The lowest BCUT2D eigenvalue weighted by atomic mass is 10.2. The summed E-state index contributed by atoms with van der Waals surface area (Å²) in [4.78, 5) is 31.7. The molecule has 34 heavy (non-hydrogen) atoms. The Balaban J connectivity index is 1.56. The van der Waals surface area contributed by atoms with Crippen LogP contribution in [-0.2, 0) is 16.0 Å². The molecule has 1 saturated heterocycles. The van der Waals surface area contributed by atoms with E-state index in [1.165, 1.54) is 10.9 Å². The van der Waals surface area contributed by atoms with Gasteiger partial charge in [0.1, 0.15) is 5.82 Å². The molecular formula is C23H21Br2ClN4O4. The van der Waals surface area contributed by atoms with E-state index < -0.39 is 0 Å². The fourth-order valence-electron chi connectivity index (χ4n) is 3.50. The number of halogens is 3. The smallest absolute Gasteiger partial charge is 0.282 e. The Bertz CT molecular complexity index is 1300. The maximum absolute atomic E-state index is 13.0. The van der Waals surface area contributed by atoms with E-state index in [1.54, 1.807) is 29.2 Å². The topological polar surface area (TPSA) is 86.0 Å². The van der Waals surface area contributed by atoms with Gasteiger partial charge in [0.25, 0.3) is 11.5 Å². The number of aryl methyl sites for hydroxylation is 1. The minimum Gasteiger partial charge on any atom is -0.481 e. The molecule has 1 aromatic heterocycles. The third-order valence-electron chi connectivity index (χ3n) is 5.24. The molecule has 0 unspecified atom stereocenters. The molecule has 0 radical (unpaired) electrons. The van der Waals surface area contributed by atoms with Crippen molar-refractivity contribution in [2.24, 2.45) is 5.10 Å². The van der Waals surface area contributed by atoms with E-state index in [1.807, 2.05) is 13.0 Å². The van der Waals surface area contributed by atoms with Gasteiger partial charge in [-0.2, -0.15) is 9.78 Å². The summed E-state index contributed by atoms with van der Waals surface area (Å²) in [6.07, 6.45) is 2.07. The maximum Gasteiger partial charge on any atom is 0.282 e. The number of nitrogens with zero attached hydrogens (tertiary/aromatic N) is 4. The van der Waals surface area contributed by atoms with E-state index in [-0.39, 0.29) is 18.1 Å². The molecule has 1 aliphatic heterocycles. The van der Waals surface area contributed by atoms with Gasteiger partial charge in [0.2, 0.25) is 0 Å². The van der Waals surface area contributed by atoms with Crippen molar-refractivity contribution in [3.63, 3.8) is 0 Å². The van der Waals surface area contributed by atoms with Gasteiger partial charge in [-0.15, -0.1) is 0 Å². The zero-order chi connectivity index (χ0) is 24.2. The number of amides is 1. The van der Waals surface area contributed by atoms with Crippen LogP contribution in [0.5, 0.6) is 5.75 Å². The maximum atomic E-state index is 13.0. The molecule has 1 aliphatic rings. The van der Waals surface area contributed by atoms with Crippen LogP contribution < -0.4 is 10.3 Å². The van der Waals surface area contributed by atoms with Gasteiger partial charge in [0, 0.05) is 24.0 Å². The number of rotatable bonds is 6. The summed E-state index contributed by atoms with van der Waals surface area (Å²) in [5.74, 6) is 0.783. The zero-order valence-electron chi connectivity index (χ0n) is 18.3. The molecule has 11 heteroatoms. The van der Waals surface area contributed by atoms with E-state index >= 15 is 0 Å². The Kier molecular flexibility index (Phi) is 8.02. The summed E-state index contributed by atoms with van der Waals surface area (Å²) >= 11 is 13.3. The second kappa shape index (κ2) is 11.0. The predicted molar refractivity (Wildman–Crippen MR) is 138 cm³/mol. The van der Waals surface area contributed by atoms with Crippen molar-refractivity contribution in [2.45, 2.75) is 13.3 Å². The largest absolute Gasteiger partial charge is 0.481 e. The average Bonchev–Trinajstić information content (AvgIpc) is 2.83. The van der Waals surface area contributed by atoms with Crippen molar-refractivity contribution in [2.75, 3.05) is 32.9 Å². The summed E-state index contributed by atoms with van der Waals surface area (Å²) in [5.41, 5.74) is 1.01. The SMILES string of the molecule is CCc1nc2ccc(Br)cc2c(=O)n1N=Cc1cc(Cl)c(OCC(=O)N2CCOCC2)c(Br)c1. The van der Waals surface area contributed by atoms with Gasteiger partial charge >= 0.3 is 0 Å². The molecule has 0 spiro atoms. The van der Waals surface area contributed by atoms with Crippen LogP contribution in [0.3, 0.4) is 0 Å². The lowest BCUT2D eigenvalue weighted by Crippen LogP contribution is -2.43. The molecule has 1 amide bonds. The van der Waals surface area contributed by atoms with Crippen LogP contribution in [0, 0.1) is 0 Å². The predicted octanol–water partition coefficient (Wildman–Crippen LogP) is 4.26. The molecule has 0 bridgehead atoms. The normalized spacial score (nSPS) is 14.2. The van der Waals surface area contributed by atoms with Gasteiger partial charge in [-0.25, -0.2) is 4.98 Å². The highest BCUT2D eigenvalue weighted by Crippen LogP contribution is 2.34. The van der Waals surface area contributed by atoms with Crippen molar-refractivity contribution >= 4 is 66.5 Å². The number of hydrogen-bond acceptors (Lipinski definition) is 6. The summed E-state index contributed by atoms with van der Waals surface area (Å²) in [6.45, 7) is 3.93. The highest BCUT2D eigenvalue weighted by atomic mass is 79.9. The first kappa shape index (κ1) is 24.8. The van der Waals surface area contributed by atoms with Crippen molar-refractivity contribution in [3.8, 4) is 5.75 Å². The van der Waals surface area contributed by atoms with Crippen molar-refractivity contribution in [3.05, 3.63) is 66.0 Å². The van der Waals surface area contributed by atoms with Crippen LogP contribution >= 0.6 is 43.5 Å². The third-order valence-corrected chi connectivity index (χ3v) is 6.60. The lowest BCUT2D eigenvalue weighted by Gasteiger charge is -2.26. The van der Waals surface area contributed by atoms with Gasteiger partial charge in [0.05, 0.1) is 39.8 Å². The Morgan fingerprint density at radius 2 is 2.03 bits per heavy atom. The van der Waals surface area contributed by atoms with Gasteiger partial charge in [0.15, 0.2) is 12.4 Å². The minimum atomic E-state index is -0.258. The molecule has 4 rings (SSSR count). The summed E-state index contributed by atoms with van der Waals surface area (Å²) in [5, 5.41) is 5.17. The third kappa shape index (κ3) is 5.51. The Morgan fingerprint density at radius 3 is 2.74 bits per heavy atom. The standard InChI is InChI=1S/C23H21Br2ClN4O4/c1-2-20-28-19-4-3-15(24)11-16(19)23(32)30(20)27-12-14-9-17(25)22(18(26)10-14)34-13-21(31)29-5-7-33-8-6-29/h3-4,9-12H,2,5-8,13H2,1H3. The second-order valence-corrected chi connectivity index (χ2v) is 9.68. The molecule has 1 fully saturated rings. The molecule has 2 aromatic carbocycles. The number of benzene rings is 2. The van der Waals surface area contributed by atoms with Crippen molar-refractivity contribution in [1.82, 2.24) is 14.6 Å². The minimum absolute atomic E-state index is 0.126. The zero-order valence-corrected chi connectivity index (χ0v) is 22.2. The van der Waals surface area contributed by atoms with Crippen LogP contribution in [0.1, 0.15) is 18.3 Å². The van der Waals surface area contributed by atoms with Gasteiger partial charge in [-0.05, 0) is 51.8 Å². The van der Waals surface area contributed by atoms with E-state index in [0.717, 1.165) is 4.47 Å². The average molecular weight is 613 g/mol. The van der Waals surface area contributed by atoms with Gasteiger partial charge < -0.3 is 14.4 Å². The number of hydrogen-bond donors (Lipinski definition) is 0. The van der Waals surface area contributed by atoms with Crippen LogP contribution in [0.2, 0.25) is 5.02 Å². The molecule has 0 atom stereocenters. The van der Waals surface area contributed by atoms with Crippen LogP contribution in [0.15, 0.2) is 49.2 Å². The second-order valence-electron chi connectivity index (χ2n) is 7.50. The summed E-state index contributed by atoms with van der Waals surface area (Å²) < 4.78 is 13.6. The first-order valence-electron chi connectivity index (χ1n) is 10.6. The number of carbonyl (C=O) groups excluding carboxylic acids is 1. The molecular weight excluding hydrogens is 592 g/mol. The Morgan fingerprint density at radius 1 is 1.26 bits per heavy atom. The van der Waals surface area contributed by atoms with Crippen molar-refractivity contribution < 1.29 is 14.3 Å². The highest BCUT2D eigenvalue weighted by molar-refractivity contribution is 9.10.